The fourth-order valence-corrected chi connectivity index (χ4v) is 5.80. The zero-order valence-corrected chi connectivity index (χ0v) is 22.1. The lowest BCUT2D eigenvalue weighted by Gasteiger charge is -2.31. The maximum Gasteiger partial charge on any atom is 0.225 e. The zero-order valence-electron chi connectivity index (χ0n) is 22.1. The summed E-state index contributed by atoms with van der Waals surface area (Å²) in [6.45, 7) is 14.1. The van der Waals surface area contributed by atoms with E-state index in [9.17, 15) is 4.79 Å². The highest BCUT2D eigenvalue weighted by Gasteiger charge is 2.36. The molecule has 0 aromatic heterocycles. The standard InChI is InChI=1S/C30H43N3O2/c1-23(2)30(34)33(16-15-31-13-5-6-14-31)21-27-20-32(19-25-10-7-9-24(3)17-25)22-29(27)26-11-8-12-28(18-26)35-4/h7-12,17-18,23,27,29H,5-6,13-16,19-22H2,1-4H3/t27-,29+/m0/s1. The average molecular weight is 478 g/mol. The highest BCUT2D eigenvalue weighted by molar-refractivity contribution is 5.78. The molecule has 0 bridgehead atoms. The Bertz CT molecular complexity index is 970. The monoisotopic (exact) mass is 477 g/mol. The van der Waals surface area contributed by atoms with E-state index in [0.717, 1.165) is 45.0 Å². The van der Waals surface area contributed by atoms with Gasteiger partial charge in [-0.2, -0.15) is 0 Å². The van der Waals surface area contributed by atoms with Crippen LogP contribution in [0.15, 0.2) is 48.5 Å². The van der Waals surface area contributed by atoms with Crippen LogP contribution in [0.25, 0.3) is 0 Å². The van der Waals surface area contributed by atoms with Gasteiger partial charge in [0.1, 0.15) is 5.75 Å². The van der Waals surface area contributed by atoms with Gasteiger partial charge >= 0.3 is 0 Å². The Hall–Kier alpha value is -2.37. The summed E-state index contributed by atoms with van der Waals surface area (Å²) in [7, 11) is 1.73. The molecule has 2 aromatic carbocycles. The molecule has 0 saturated carbocycles. The fourth-order valence-electron chi connectivity index (χ4n) is 5.80. The van der Waals surface area contributed by atoms with Crippen molar-refractivity contribution < 1.29 is 9.53 Å². The molecule has 2 fully saturated rings. The highest BCUT2D eigenvalue weighted by atomic mass is 16.5. The minimum atomic E-state index is 0.0219. The van der Waals surface area contributed by atoms with E-state index in [1.807, 2.05) is 19.9 Å². The van der Waals surface area contributed by atoms with Crippen LogP contribution in [0.2, 0.25) is 0 Å². The van der Waals surface area contributed by atoms with Crippen molar-refractivity contribution in [1.29, 1.82) is 0 Å². The van der Waals surface area contributed by atoms with Crippen molar-refractivity contribution in [3.8, 4) is 5.75 Å². The van der Waals surface area contributed by atoms with E-state index in [4.69, 9.17) is 4.74 Å². The van der Waals surface area contributed by atoms with E-state index in [-0.39, 0.29) is 11.8 Å². The van der Waals surface area contributed by atoms with E-state index in [2.05, 4.69) is 64.1 Å². The van der Waals surface area contributed by atoms with Gasteiger partial charge < -0.3 is 14.5 Å². The molecule has 0 unspecified atom stereocenters. The Kier molecular flexibility index (Phi) is 8.85. The Morgan fingerprint density at radius 2 is 1.83 bits per heavy atom. The van der Waals surface area contributed by atoms with Gasteiger partial charge in [-0.1, -0.05) is 55.8 Å². The second-order valence-electron chi connectivity index (χ2n) is 10.8. The number of benzene rings is 2. The molecule has 0 radical (unpaired) electrons. The second-order valence-corrected chi connectivity index (χ2v) is 10.8. The van der Waals surface area contributed by atoms with Gasteiger partial charge in [0.2, 0.25) is 5.91 Å². The number of carbonyl (C=O) groups excluding carboxylic acids is 1. The second kappa shape index (κ2) is 12.0. The van der Waals surface area contributed by atoms with E-state index < -0.39 is 0 Å². The van der Waals surface area contributed by atoms with Crippen LogP contribution in [-0.4, -0.2) is 73.5 Å². The Morgan fingerprint density at radius 3 is 2.54 bits per heavy atom. The van der Waals surface area contributed by atoms with E-state index in [1.165, 1.54) is 42.6 Å². The van der Waals surface area contributed by atoms with Crippen molar-refractivity contribution in [1.82, 2.24) is 14.7 Å². The smallest absolute Gasteiger partial charge is 0.225 e. The van der Waals surface area contributed by atoms with Crippen molar-refractivity contribution >= 4 is 5.91 Å². The first-order chi connectivity index (χ1) is 16.9. The SMILES string of the molecule is COc1cccc([C@H]2CN(Cc3cccc(C)c3)C[C@H]2CN(CCN2CCCC2)C(=O)C(C)C)c1. The predicted octanol–water partition coefficient (Wildman–Crippen LogP) is 4.80. The van der Waals surface area contributed by atoms with Crippen LogP contribution in [0.4, 0.5) is 0 Å². The van der Waals surface area contributed by atoms with E-state index in [0.29, 0.717) is 11.8 Å². The lowest BCUT2D eigenvalue weighted by Crippen LogP contribution is -2.43. The third-order valence-corrected chi connectivity index (χ3v) is 7.67. The number of carbonyl (C=O) groups is 1. The third kappa shape index (κ3) is 6.86. The van der Waals surface area contributed by atoms with Gasteiger partial charge in [0.05, 0.1) is 7.11 Å². The average Bonchev–Trinajstić information content (AvgIpc) is 3.51. The molecular formula is C30H43N3O2. The molecule has 1 amide bonds. The Labute approximate surface area is 212 Å². The molecule has 190 valence electrons. The molecule has 2 atom stereocenters. The first kappa shape index (κ1) is 25.7. The van der Waals surface area contributed by atoms with Gasteiger partial charge in [-0.3, -0.25) is 9.69 Å². The summed E-state index contributed by atoms with van der Waals surface area (Å²) < 4.78 is 5.55. The number of hydrogen-bond acceptors (Lipinski definition) is 4. The van der Waals surface area contributed by atoms with Crippen LogP contribution in [0.1, 0.15) is 49.3 Å². The minimum Gasteiger partial charge on any atom is -0.497 e. The zero-order chi connectivity index (χ0) is 24.8. The first-order valence-electron chi connectivity index (χ1n) is 13.4. The quantitative estimate of drug-likeness (QED) is 0.493. The van der Waals surface area contributed by atoms with Crippen molar-refractivity contribution in [2.75, 3.05) is 52.9 Å². The van der Waals surface area contributed by atoms with Crippen molar-refractivity contribution in [2.24, 2.45) is 11.8 Å². The molecule has 0 spiro atoms. The molecular weight excluding hydrogens is 434 g/mol. The number of methoxy groups -OCH3 is 1. The molecule has 2 aliphatic rings. The normalized spacial score (nSPS) is 21.1. The molecule has 2 heterocycles. The Balaban J connectivity index is 1.53. The molecule has 4 rings (SSSR count). The summed E-state index contributed by atoms with van der Waals surface area (Å²) in [6, 6.07) is 17.4. The lowest BCUT2D eigenvalue weighted by molar-refractivity contribution is -0.135. The Morgan fingerprint density at radius 1 is 1.06 bits per heavy atom. The molecule has 5 nitrogen and oxygen atoms in total. The van der Waals surface area contributed by atoms with Crippen molar-refractivity contribution in [3.05, 3.63) is 65.2 Å². The van der Waals surface area contributed by atoms with Crippen LogP contribution < -0.4 is 4.74 Å². The van der Waals surface area contributed by atoms with Crippen LogP contribution in [-0.2, 0) is 11.3 Å². The number of hydrogen-bond donors (Lipinski definition) is 0. The van der Waals surface area contributed by atoms with Gasteiger partial charge in [-0.05, 0) is 62.0 Å². The van der Waals surface area contributed by atoms with Gasteiger partial charge in [-0.15, -0.1) is 0 Å². The number of likely N-dealkylation sites (tertiary alicyclic amines) is 2. The summed E-state index contributed by atoms with van der Waals surface area (Å²) in [6.07, 6.45) is 2.57. The summed E-state index contributed by atoms with van der Waals surface area (Å²) in [4.78, 5) is 20.5. The number of ether oxygens (including phenoxy) is 1. The first-order valence-corrected chi connectivity index (χ1v) is 13.4. The summed E-state index contributed by atoms with van der Waals surface area (Å²) in [5.74, 6) is 1.99. The minimum absolute atomic E-state index is 0.0219. The molecule has 5 heteroatoms. The fraction of sp³-hybridized carbons (Fsp3) is 0.567. The van der Waals surface area contributed by atoms with E-state index >= 15 is 0 Å². The molecule has 2 aliphatic heterocycles. The van der Waals surface area contributed by atoms with Gasteiger partial charge in [-0.25, -0.2) is 0 Å². The summed E-state index contributed by atoms with van der Waals surface area (Å²) in [5, 5.41) is 0. The van der Waals surface area contributed by atoms with Crippen molar-refractivity contribution in [2.45, 2.75) is 46.1 Å². The maximum atomic E-state index is 13.3. The van der Waals surface area contributed by atoms with Gasteiger partial charge in [0, 0.05) is 51.1 Å². The maximum absolute atomic E-state index is 13.3. The van der Waals surface area contributed by atoms with Crippen LogP contribution in [0.5, 0.6) is 5.75 Å². The molecule has 2 saturated heterocycles. The predicted molar refractivity (Wildman–Crippen MR) is 143 cm³/mol. The van der Waals surface area contributed by atoms with Crippen LogP contribution in [0.3, 0.4) is 0 Å². The van der Waals surface area contributed by atoms with Crippen LogP contribution >= 0.6 is 0 Å². The lowest BCUT2D eigenvalue weighted by atomic mass is 9.88. The number of aryl methyl sites for hydroxylation is 1. The number of amides is 1. The third-order valence-electron chi connectivity index (χ3n) is 7.67. The largest absolute Gasteiger partial charge is 0.497 e. The number of nitrogens with zero attached hydrogens (tertiary/aromatic N) is 3. The summed E-state index contributed by atoms with van der Waals surface area (Å²) in [5.41, 5.74) is 3.98. The molecule has 35 heavy (non-hydrogen) atoms. The molecule has 0 N–H and O–H groups in total. The number of rotatable bonds is 10. The topological polar surface area (TPSA) is 36.0 Å². The van der Waals surface area contributed by atoms with Crippen molar-refractivity contribution in [3.63, 3.8) is 0 Å². The van der Waals surface area contributed by atoms with E-state index in [1.54, 1.807) is 7.11 Å². The summed E-state index contributed by atoms with van der Waals surface area (Å²) >= 11 is 0. The molecule has 0 aliphatic carbocycles. The highest BCUT2D eigenvalue weighted by Crippen LogP contribution is 2.36. The van der Waals surface area contributed by atoms with Gasteiger partial charge in [0.15, 0.2) is 0 Å². The van der Waals surface area contributed by atoms with Crippen LogP contribution in [0, 0.1) is 18.8 Å². The van der Waals surface area contributed by atoms with Gasteiger partial charge in [0.25, 0.3) is 0 Å². The molecule has 2 aromatic rings.